The Morgan fingerprint density at radius 3 is 1.96 bits per heavy atom. The van der Waals surface area contributed by atoms with Gasteiger partial charge in [-0.25, -0.2) is 0 Å². The normalized spacial score (nSPS) is 37.0. The van der Waals surface area contributed by atoms with Crippen molar-refractivity contribution < 1.29 is 55.5 Å². The fraction of sp³-hybridized carbons (Fsp3) is 0.917. The van der Waals surface area contributed by atoms with Crippen molar-refractivity contribution in [2.45, 2.75) is 54.9 Å². The largest absolute Gasteiger partial charge is 0.394 e. The predicted octanol–water partition coefficient (Wildman–Crippen LogP) is -6.17. The van der Waals surface area contributed by atoms with Gasteiger partial charge in [0.05, 0.1) is 13.2 Å². The van der Waals surface area contributed by atoms with Gasteiger partial charge in [0.25, 0.3) is 0 Å². The van der Waals surface area contributed by atoms with Crippen molar-refractivity contribution in [2.24, 2.45) is 0 Å². The Morgan fingerprint density at radius 2 is 1.48 bits per heavy atom. The molecule has 23 heavy (non-hydrogen) atoms. The van der Waals surface area contributed by atoms with E-state index in [1.54, 1.807) is 0 Å². The van der Waals surface area contributed by atoms with Crippen LogP contribution in [0.25, 0.3) is 0 Å². The molecule has 0 aromatic heterocycles. The molecule has 1 aliphatic heterocycles. The Morgan fingerprint density at radius 1 is 0.913 bits per heavy atom. The van der Waals surface area contributed by atoms with E-state index in [1.807, 2.05) is 0 Å². The van der Waals surface area contributed by atoms with E-state index in [-0.39, 0.29) is 0 Å². The summed E-state index contributed by atoms with van der Waals surface area (Å²) in [5, 5.41) is 84.5. The highest BCUT2D eigenvalue weighted by Gasteiger charge is 2.49. The lowest BCUT2D eigenvalue weighted by molar-refractivity contribution is -0.231. The van der Waals surface area contributed by atoms with Crippen LogP contribution in [0.15, 0.2) is 0 Å². The van der Waals surface area contributed by atoms with Crippen LogP contribution in [0.2, 0.25) is 0 Å². The summed E-state index contributed by atoms with van der Waals surface area (Å²) >= 11 is 0. The van der Waals surface area contributed by atoms with Gasteiger partial charge in [-0.1, -0.05) is 0 Å². The van der Waals surface area contributed by atoms with Crippen molar-refractivity contribution in [1.29, 1.82) is 0 Å². The number of rotatable bonds is 7. The minimum atomic E-state index is -2.33. The fourth-order valence-electron chi connectivity index (χ4n) is 2.20. The quantitative estimate of drug-likeness (QED) is 0.212. The zero-order valence-electron chi connectivity index (χ0n) is 12.0. The van der Waals surface area contributed by atoms with Gasteiger partial charge >= 0.3 is 0 Å². The maximum atomic E-state index is 12.1. The highest BCUT2D eigenvalue weighted by atomic mass is 16.5. The third kappa shape index (κ3) is 4.22. The molecule has 0 amide bonds. The second-order valence-electron chi connectivity index (χ2n) is 5.33. The van der Waals surface area contributed by atoms with Gasteiger partial charge in [0, 0.05) is 0 Å². The van der Waals surface area contributed by atoms with Crippen molar-refractivity contribution >= 4 is 5.78 Å². The molecule has 1 rings (SSSR count). The number of aliphatic hydroxyl groups excluding tert-OH is 9. The minimum Gasteiger partial charge on any atom is -0.394 e. The van der Waals surface area contributed by atoms with E-state index < -0.39 is 73.9 Å². The molecule has 9 N–H and O–H groups in total. The molecule has 9 atom stereocenters. The summed E-state index contributed by atoms with van der Waals surface area (Å²) in [6, 6.07) is 0. The van der Waals surface area contributed by atoms with Crippen molar-refractivity contribution in [3.63, 3.8) is 0 Å². The smallest absolute Gasteiger partial charge is 0.195 e. The molecular weight excluding hydrogens is 320 g/mol. The van der Waals surface area contributed by atoms with Crippen LogP contribution < -0.4 is 0 Å². The fourth-order valence-corrected chi connectivity index (χ4v) is 2.20. The Bertz CT molecular complexity index is 389. The molecule has 0 unspecified atom stereocenters. The van der Waals surface area contributed by atoms with Crippen molar-refractivity contribution in [1.82, 2.24) is 0 Å². The monoisotopic (exact) mass is 342 g/mol. The molecule has 0 aliphatic carbocycles. The summed E-state index contributed by atoms with van der Waals surface area (Å²) in [6.07, 6.45) is -17.2. The van der Waals surface area contributed by atoms with Crippen LogP contribution in [-0.2, 0) is 9.53 Å². The lowest BCUT2D eigenvalue weighted by atomic mass is 9.89. The molecule has 11 nitrogen and oxygen atoms in total. The highest BCUT2D eigenvalue weighted by molar-refractivity contribution is 5.88. The van der Waals surface area contributed by atoms with Crippen LogP contribution in [-0.4, -0.2) is 120 Å². The van der Waals surface area contributed by atoms with Gasteiger partial charge < -0.3 is 50.7 Å². The topological polar surface area (TPSA) is 208 Å². The zero-order valence-corrected chi connectivity index (χ0v) is 12.0. The summed E-state index contributed by atoms with van der Waals surface area (Å²) in [5.74, 6) is -1.35. The first-order valence-electron chi connectivity index (χ1n) is 6.84. The molecule has 0 bridgehead atoms. The standard InChI is InChI=1S/C12H22O11/c13-1-3(15)5(16)7(18)9(20)11(22)12-10(21)8(19)6(17)4(2-14)23-12/h3-10,12-21H,1-2H2/t3-,4+,5+,6-,7+,8-,9-,10+,12-/m0/s1. The first-order chi connectivity index (χ1) is 10.7. The maximum Gasteiger partial charge on any atom is 0.195 e. The summed E-state index contributed by atoms with van der Waals surface area (Å²) < 4.78 is 4.91. The van der Waals surface area contributed by atoms with Gasteiger partial charge in [-0.3, -0.25) is 4.79 Å². The third-order valence-corrected chi connectivity index (χ3v) is 3.72. The summed E-state index contributed by atoms with van der Waals surface area (Å²) in [5.41, 5.74) is 0. The van der Waals surface area contributed by atoms with Crippen LogP contribution in [0.5, 0.6) is 0 Å². The van der Waals surface area contributed by atoms with Crippen molar-refractivity contribution in [2.75, 3.05) is 13.2 Å². The number of carbonyl (C=O) groups excluding carboxylic acids is 1. The number of carbonyl (C=O) groups is 1. The molecule has 0 aromatic rings. The Labute approximate surface area is 130 Å². The molecule has 1 aliphatic rings. The number of hydrogen-bond donors (Lipinski definition) is 9. The van der Waals surface area contributed by atoms with Crippen LogP contribution >= 0.6 is 0 Å². The molecular formula is C12H22O11. The Kier molecular flexibility index (Phi) is 7.41. The summed E-state index contributed by atoms with van der Waals surface area (Å²) in [6.45, 7) is -1.74. The molecule has 0 saturated carbocycles. The molecule has 136 valence electrons. The van der Waals surface area contributed by atoms with Gasteiger partial charge in [-0.2, -0.15) is 0 Å². The zero-order chi connectivity index (χ0) is 17.9. The van der Waals surface area contributed by atoms with E-state index in [0.29, 0.717) is 0 Å². The van der Waals surface area contributed by atoms with E-state index in [9.17, 15) is 40.5 Å². The molecule has 0 aromatic carbocycles. The number of ether oxygens (including phenoxy) is 1. The van der Waals surface area contributed by atoms with E-state index >= 15 is 0 Å². The second-order valence-corrected chi connectivity index (χ2v) is 5.33. The first-order valence-corrected chi connectivity index (χ1v) is 6.84. The molecule has 1 fully saturated rings. The van der Waals surface area contributed by atoms with E-state index in [2.05, 4.69) is 0 Å². The first kappa shape index (κ1) is 20.3. The van der Waals surface area contributed by atoms with Gasteiger partial charge in [0.1, 0.15) is 54.9 Å². The van der Waals surface area contributed by atoms with Gasteiger partial charge in [-0.15, -0.1) is 0 Å². The molecule has 1 saturated heterocycles. The van der Waals surface area contributed by atoms with Gasteiger partial charge in [-0.05, 0) is 0 Å². The van der Waals surface area contributed by atoms with Gasteiger partial charge in [0.15, 0.2) is 5.78 Å². The highest BCUT2D eigenvalue weighted by Crippen LogP contribution is 2.23. The molecule has 11 heteroatoms. The average molecular weight is 342 g/mol. The molecule has 0 radical (unpaired) electrons. The lowest BCUT2D eigenvalue weighted by Crippen LogP contribution is -2.63. The average Bonchev–Trinajstić information content (AvgIpc) is 2.56. The Hall–Kier alpha value is -0.730. The van der Waals surface area contributed by atoms with Crippen LogP contribution in [0.3, 0.4) is 0 Å². The number of aliphatic hydroxyl groups is 9. The van der Waals surface area contributed by atoms with Crippen molar-refractivity contribution in [3.8, 4) is 0 Å². The number of ketones is 1. The summed E-state index contributed by atoms with van der Waals surface area (Å²) in [4.78, 5) is 12.1. The van der Waals surface area contributed by atoms with Crippen molar-refractivity contribution in [3.05, 3.63) is 0 Å². The van der Waals surface area contributed by atoms with Crippen LogP contribution in [0.4, 0.5) is 0 Å². The minimum absolute atomic E-state index is 0.792. The molecule has 1 heterocycles. The SMILES string of the molecule is O=C([C@@H](O)[C@H](O)[C@H](O)[C@@H](O)CO)[C@H]1O[C@H](CO)[C@H](O)[C@H](O)[C@H]1O. The Balaban J connectivity index is 2.85. The van der Waals surface area contributed by atoms with E-state index in [4.69, 9.17) is 14.9 Å². The van der Waals surface area contributed by atoms with E-state index in [0.717, 1.165) is 0 Å². The second kappa shape index (κ2) is 8.39. The predicted molar refractivity (Wildman–Crippen MR) is 69.9 cm³/mol. The van der Waals surface area contributed by atoms with Crippen LogP contribution in [0.1, 0.15) is 0 Å². The maximum absolute atomic E-state index is 12.1. The number of Topliss-reactive ketones (excluding diaryl/α,β-unsaturated/α-hetero) is 1. The third-order valence-electron chi connectivity index (χ3n) is 3.72. The van der Waals surface area contributed by atoms with Gasteiger partial charge in [0.2, 0.25) is 0 Å². The van der Waals surface area contributed by atoms with Crippen LogP contribution in [0, 0.1) is 0 Å². The van der Waals surface area contributed by atoms with E-state index in [1.165, 1.54) is 0 Å². The molecule has 0 spiro atoms. The summed E-state index contributed by atoms with van der Waals surface area (Å²) in [7, 11) is 0. The lowest BCUT2D eigenvalue weighted by Gasteiger charge is -2.40. The number of hydrogen-bond acceptors (Lipinski definition) is 11.